The Kier molecular flexibility index (Phi) is 5.82. The minimum absolute atomic E-state index is 0.0613. The zero-order valence-corrected chi connectivity index (χ0v) is 19.5. The van der Waals surface area contributed by atoms with E-state index in [0.29, 0.717) is 40.2 Å². The van der Waals surface area contributed by atoms with Crippen LogP contribution < -0.4 is 14.9 Å². The smallest absolute Gasteiger partial charge is 0.291 e. The highest BCUT2D eigenvalue weighted by Gasteiger charge is 2.43. The van der Waals surface area contributed by atoms with Crippen LogP contribution in [0, 0.1) is 6.92 Å². The van der Waals surface area contributed by atoms with Crippen LogP contribution >= 0.6 is 0 Å². The molecule has 5 rings (SSSR count). The normalized spacial score (nSPS) is 14.7. The predicted octanol–water partition coefficient (Wildman–Crippen LogP) is 4.82. The number of nitrogens with zero attached hydrogens (tertiary/aromatic N) is 2. The standard InChI is InChI=1S/C28H24N2O5/c1-4-12-34-22-10-8-19(14-23(22)33-3)25-24-26(31)20-13-17(2)7-9-21(20)35-27(24)28(32)30(25)16-18-6-5-11-29-15-18/h4-11,13-15,25H,1,12,16H2,2-3H3/t25-/m1/s1. The summed E-state index contributed by atoms with van der Waals surface area (Å²) in [5.74, 6) is 0.749. The second kappa shape index (κ2) is 9.10. The summed E-state index contributed by atoms with van der Waals surface area (Å²) in [6.45, 7) is 6.17. The van der Waals surface area contributed by atoms with Gasteiger partial charge in [0.1, 0.15) is 12.2 Å². The van der Waals surface area contributed by atoms with Crippen molar-refractivity contribution in [3.63, 3.8) is 0 Å². The van der Waals surface area contributed by atoms with Crippen LogP contribution in [0.15, 0.2) is 82.8 Å². The van der Waals surface area contributed by atoms with Crippen LogP contribution in [-0.4, -0.2) is 29.5 Å². The van der Waals surface area contributed by atoms with Crippen LogP contribution in [0.1, 0.15) is 38.9 Å². The molecule has 3 heterocycles. The number of amides is 1. The molecule has 0 spiro atoms. The largest absolute Gasteiger partial charge is 0.493 e. The van der Waals surface area contributed by atoms with Crippen molar-refractivity contribution in [2.45, 2.75) is 19.5 Å². The molecule has 0 bridgehead atoms. The number of hydrogen-bond donors (Lipinski definition) is 0. The van der Waals surface area contributed by atoms with Gasteiger partial charge in [0.05, 0.1) is 24.1 Å². The molecule has 0 aliphatic carbocycles. The summed E-state index contributed by atoms with van der Waals surface area (Å²) in [5.41, 5.74) is 2.97. The minimum atomic E-state index is -0.666. The number of rotatable bonds is 7. The number of carbonyl (C=O) groups excluding carboxylic acids is 1. The third-order valence-corrected chi connectivity index (χ3v) is 6.06. The number of benzene rings is 2. The van der Waals surface area contributed by atoms with Gasteiger partial charge in [-0.2, -0.15) is 0 Å². The molecule has 0 radical (unpaired) electrons. The van der Waals surface area contributed by atoms with Gasteiger partial charge in [-0.05, 0) is 48.4 Å². The van der Waals surface area contributed by atoms with Crippen molar-refractivity contribution in [2.24, 2.45) is 0 Å². The van der Waals surface area contributed by atoms with E-state index in [4.69, 9.17) is 13.9 Å². The van der Waals surface area contributed by atoms with E-state index < -0.39 is 6.04 Å². The van der Waals surface area contributed by atoms with Gasteiger partial charge in [-0.25, -0.2) is 0 Å². The molecule has 0 fully saturated rings. The van der Waals surface area contributed by atoms with Crippen molar-refractivity contribution in [2.75, 3.05) is 13.7 Å². The molecule has 1 amide bonds. The van der Waals surface area contributed by atoms with Crippen LogP contribution in [0.2, 0.25) is 0 Å². The summed E-state index contributed by atoms with van der Waals surface area (Å²) in [7, 11) is 1.55. The van der Waals surface area contributed by atoms with E-state index in [9.17, 15) is 9.59 Å². The maximum Gasteiger partial charge on any atom is 0.291 e. The number of methoxy groups -OCH3 is 1. The van der Waals surface area contributed by atoms with Gasteiger partial charge in [0, 0.05) is 18.9 Å². The van der Waals surface area contributed by atoms with Crippen molar-refractivity contribution < 1.29 is 18.7 Å². The lowest BCUT2D eigenvalue weighted by molar-refractivity contribution is 0.0714. The molecule has 35 heavy (non-hydrogen) atoms. The molecule has 0 unspecified atom stereocenters. The Labute approximate surface area is 202 Å². The monoisotopic (exact) mass is 468 g/mol. The molecular weight excluding hydrogens is 444 g/mol. The molecule has 7 nitrogen and oxygen atoms in total. The van der Waals surface area contributed by atoms with E-state index in [2.05, 4.69) is 11.6 Å². The van der Waals surface area contributed by atoms with Gasteiger partial charge in [0.15, 0.2) is 16.9 Å². The number of aromatic nitrogens is 1. The highest BCUT2D eigenvalue weighted by Crippen LogP contribution is 2.41. The first-order valence-corrected chi connectivity index (χ1v) is 11.2. The average molecular weight is 469 g/mol. The van der Waals surface area contributed by atoms with Crippen LogP contribution in [0.5, 0.6) is 11.5 Å². The molecule has 1 aliphatic rings. The Hall–Kier alpha value is -4.39. The van der Waals surface area contributed by atoms with Gasteiger partial charge in [0.2, 0.25) is 5.76 Å². The Morgan fingerprint density at radius 1 is 1.14 bits per heavy atom. The molecule has 176 valence electrons. The first-order valence-electron chi connectivity index (χ1n) is 11.2. The number of fused-ring (bicyclic) bond motifs is 2. The van der Waals surface area contributed by atoms with Crippen molar-refractivity contribution in [3.8, 4) is 11.5 Å². The van der Waals surface area contributed by atoms with Crippen molar-refractivity contribution in [3.05, 3.63) is 112 Å². The van der Waals surface area contributed by atoms with E-state index >= 15 is 0 Å². The van der Waals surface area contributed by atoms with Gasteiger partial charge >= 0.3 is 0 Å². The Balaban J connectivity index is 1.70. The SMILES string of the molecule is C=CCOc1ccc([C@@H]2c3c(oc4ccc(C)cc4c3=O)C(=O)N2Cc2cccnc2)cc1OC. The van der Waals surface area contributed by atoms with E-state index in [1.54, 1.807) is 54.7 Å². The van der Waals surface area contributed by atoms with Gasteiger partial charge < -0.3 is 18.8 Å². The number of hydrogen-bond acceptors (Lipinski definition) is 6. The maximum absolute atomic E-state index is 13.7. The predicted molar refractivity (Wildman–Crippen MR) is 132 cm³/mol. The lowest BCUT2D eigenvalue weighted by Crippen LogP contribution is -2.29. The fourth-order valence-electron chi connectivity index (χ4n) is 4.45. The lowest BCUT2D eigenvalue weighted by atomic mass is 9.97. The van der Waals surface area contributed by atoms with Gasteiger partial charge in [-0.1, -0.05) is 36.4 Å². The third kappa shape index (κ3) is 3.95. The van der Waals surface area contributed by atoms with Crippen molar-refractivity contribution in [1.82, 2.24) is 9.88 Å². The van der Waals surface area contributed by atoms with Crippen LogP contribution in [-0.2, 0) is 6.54 Å². The molecule has 2 aromatic carbocycles. The topological polar surface area (TPSA) is 81.9 Å². The van der Waals surface area contributed by atoms with Crippen LogP contribution in [0.25, 0.3) is 11.0 Å². The molecule has 1 aliphatic heterocycles. The van der Waals surface area contributed by atoms with E-state index in [1.165, 1.54) is 0 Å². The summed E-state index contributed by atoms with van der Waals surface area (Å²) in [6, 6.07) is 13.8. The van der Waals surface area contributed by atoms with Crippen LogP contribution in [0.3, 0.4) is 0 Å². The maximum atomic E-state index is 13.7. The number of ether oxygens (including phenoxy) is 2. The van der Waals surface area contributed by atoms with Gasteiger partial charge in [-0.3, -0.25) is 14.6 Å². The summed E-state index contributed by atoms with van der Waals surface area (Å²) in [4.78, 5) is 33.2. The average Bonchev–Trinajstić information content (AvgIpc) is 3.15. The Morgan fingerprint density at radius 3 is 2.74 bits per heavy atom. The Bertz CT molecular complexity index is 1490. The van der Waals surface area contributed by atoms with Crippen LogP contribution in [0.4, 0.5) is 0 Å². The number of carbonyl (C=O) groups is 1. The highest BCUT2D eigenvalue weighted by atomic mass is 16.5. The second-order valence-corrected chi connectivity index (χ2v) is 8.38. The summed E-state index contributed by atoms with van der Waals surface area (Å²) >= 11 is 0. The highest BCUT2D eigenvalue weighted by molar-refractivity contribution is 5.99. The fourth-order valence-corrected chi connectivity index (χ4v) is 4.45. The summed E-state index contributed by atoms with van der Waals surface area (Å²) in [5, 5.41) is 0.447. The molecule has 1 atom stereocenters. The molecule has 4 aromatic rings. The van der Waals surface area contributed by atoms with E-state index in [-0.39, 0.29) is 23.6 Å². The van der Waals surface area contributed by atoms with Crippen molar-refractivity contribution in [1.29, 1.82) is 0 Å². The third-order valence-electron chi connectivity index (χ3n) is 6.06. The first kappa shape index (κ1) is 22.4. The second-order valence-electron chi connectivity index (χ2n) is 8.38. The summed E-state index contributed by atoms with van der Waals surface area (Å²) < 4.78 is 17.3. The van der Waals surface area contributed by atoms with Gasteiger partial charge in [-0.15, -0.1) is 0 Å². The molecule has 0 saturated carbocycles. The Morgan fingerprint density at radius 2 is 2.00 bits per heavy atom. The van der Waals surface area contributed by atoms with Gasteiger partial charge in [0.25, 0.3) is 5.91 Å². The molecule has 7 heteroatoms. The lowest BCUT2D eigenvalue weighted by Gasteiger charge is -2.25. The molecule has 0 saturated heterocycles. The zero-order valence-electron chi connectivity index (χ0n) is 19.5. The molecule has 2 aromatic heterocycles. The van der Waals surface area contributed by atoms with E-state index in [0.717, 1.165) is 11.1 Å². The van der Waals surface area contributed by atoms with E-state index in [1.807, 2.05) is 31.2 Å². The fraction of sp³-hybridized carbons (Fsp3) is 0.179. The number of pyridine rings is 1. The quantitative estimate of drug-likeness (QED) is 0.362. The zero-order chi connectivity index (χ0) is 24.5. The molecular formula is C28H24N2O5. The first-order chi connectivity index (χ1) is 17.0. The number of aryl methyl sites for hydroxylation is 1. The molecule has 0 N–H and O–H groups in total. The summed E-state index contributed by atoms with van der Waals surface area (Å²) in [6.07, 6.45) is 5.02. The van der Waals surface area contributed by atoms with Crippen molar-refractivity contribution >= 4 is 16.9 Å². The minimum Gasteiger partial charge on any atom is -0.493 e.